The zero-order valence-corrected chi connectivity index (χ0v) is 17.5. The number of alkyl halides is 3. The van der Waals surface area contributed by atoms with Crippen molar-refractivity contribution in [3.8, 4) is 0 Å². The van der Waals surface area contributed by atoms with Crippen LogP contribution in [0.15, 0.2) is 54.6 Å². The summed E-state index contributed by atoms with van der Waals surface area (Å²) in [4.78, 5) is 12.7. The van der Waals surface area contributed by atoms with Crippen LogP contribution in [0.2, 0.25) is 0 Å². The molecule has 2 aromatic carbocycles. The third-order valence-corrected chi connectivity index (χ3v) is 5.53. The molecular formula is C23H23F3N4O2. The molecule has 32 heavy (non-hydrogen) atoms. The summed E-state index contributed by atoms with van der Waals surface area (Å²) in [5, 5.41) is 19.4. The Morgan fingerprint density at radius 3 is 2.59 bits per heavy atom. The van der Waals surface area contributed by atoms with E-state index in [9.17, 15) is 23.1 Å². The normalized spacial score (nSPS) is 19.1. The fraction of sp³-hybridized carbons (Fsp3) is 0.304. The van der Waals surface area contributed by atoms with Crippen LogP contribution < -0.4 is 10.6 Å². The number of anilines is 2. The molecule has 3 N–H and O–H groups in total. The van der Waals surface area contributed by atoms with Crippen LogP contribution in [0.3, 0.4) is 0 Å². The maximum atomic E-state index is 13.8. The number of amides is 1. The molecule has 0 fully saturated rings. The molecule has 0 saturated heterocycles. The van der Waals surface area contributed by atoms with Crippen molar-refractivity contribution in [1.29, 1.82) is 0 Å². The molecule has 1 aliphatic rings. The number of carbonyl (C=O) groups excluding carboxylic acids is 1. The van der Waals surface area contributed by atoms with E-state index in [2.05, 4.69) is 15.7 Å². The van der Waals surface area contributed by atoms with Gasteiger partial charge in [0.05, 0.1) is 12.1 Å². The molecular weight excluding hydrogens is 421 g/mol. The molecule has 3 atom stereocenters. The average molecular weight is 444 g/mol. The molecule has 4 rings (SSSR count). The second-order valence-electron chi connectivity index (χ2n) is 8.02. The number of carbonyl (C=O) groups is 1. The van der Waals surface area contributed by atoms with Gasteiger partial charge in [0.25, 0.3) is 5.91 Å². The number of hydrogen-bond acceptors (Lipinski definition) is 4. The van der Waals surface area contributed by atoms with Crippen molar-refractivity contribution in [2.75, 3.05) is 10.6 Å². The predicted molar refractivity (Wildman–Crippen MR) is 115 cm³/mol. The lowest BCUT2D eigenvalue weighted by molar-refractivity contribution is -0.173. The minimum atomic E-state index is -4.52. The van der Waals surface area contributed by atoms with Gasteiger partial charge in [0.1, 0.15) is 5.82 Å². The van der Waals surface area contributed by atoms with E-state index in [1.165, 1.54) is 6.07 Å². The van der Waals surface area contributed by atoms with Gasteiger partial charge in [-0.2, -0.15) is 18.3 Å². The van der Waals surface area contributed by atoms with E-state index < -0.39 is 30.3 Å². The first-order valence-corrected chi connectivity index (χ1v) is 10.2. The molecule has 0 aliphatic carbocycles. The number of hydrogen-bond donors (Lipinski definition) is 3. The topological polar surface area (TPSA) is 79.2 Å². The Hall–Kier alpha value is -3.33. The fourth-order valence-electron chi connectivity index (χ4n) is 3.77. The van der Waals surface area contributed by atoms with Crippen LogP contribution in [0.5, 0.6) is 0 Å². The van der Waals surface area contributed by atoms with E-state index in [1.807, 2.05) is 19.1 Å². The highest BCUT2D eigenvalue weighted by atomic mass is 19.4. The molecule has 2 heterocycles. The number of aromatic nitrogens is 2. The van der Waals surface area contributed by atoms with Crippen molar-refractivity contribution in [2.24, 2.45) is 0 Å². The van der Waals surface area contributed by atoms with Gasteiger partial charge in [0.15, 0.2) is 11.7 Å². The Balaban J connectivity index is 1.62. The fourth-order valence-corrected chi connectivity index (χ4v) is 3.77. The third-order valence-electron chi connectivity index (χ3n) is 5.53. The first-order chi connectivity index (χ1) is 15.1. The molecule has 1 aromatic heterocycles. The second kappa shape index (κ2) is 8.31. The monoisotopic (exact) mass is 444 g/mol. The summed E-state index contributed by atoms with van der Waals surface area (Å²) >= 11 is 0. The molecule has 0 spiro atoms. The Kier molecular flexibility index (Phi) is 5.68. The highest BCUT2D eigenvalue weighted by Crippen LogP contribution is 2.43. The van der Waals surface area contributed by atoms with Gasteiger partial charge in [-0.1, -0.05) is 42.0 Å². The summed E-state index contributed by atoms with van der Waals surface area (Å²) in [6, 6.07) is 12.8. The van der Waals surface area contributed by atoms with Gasteiger partial charge < -0.3 is 15.7 Å². The van der Waals surface area contributed by atoms with Gasteiger partial charge in [-0.25, -0.2) is 4.68 Å². The van der Waals surface area contributed by atoms with E-state index in [1.54, 1.807) is 43.3 Å². The number of halogens is 3. The van der Waals surface area contributed by atoms with Crippen molar-refractivity contribution in [3.63, 3.8) is 0 Å². The molecule has 0 bridgehead atoms. The van der Waals surface area contributed by atoms with Gasteiger partial charge in [-0.05, 0) is 37.1 Å². The number of benzene rings is 2. The number of aryl methyl sites for hydroxylation is 1. The smallest absolute Gasteiger partial charge is 0.389 e. The average Bonchev–Trinajstić information content (AvgIpc) is 3.17. The first-order valence-electron chi connectivity index (χ1n) is 10.2. The Morgan fingerprint density at radius 2 is 1.94 bits per heavy atom. The quantitative estimate of drug-likeness (QED) is 0.520. The van der Waals surface area contributed by atoms with E-state index in [4.69, 9.17) is 0 Å². The number of nitrogens with one attached hydrogen (secondary N) is 2. The van der Waals surface area contributed by atoms with E-state index in [-0.39, 0.29) is 17.9 Å². The van der Waals surface area contributed by atoms with E-state index in [0.29, 0.717) is 11.3 Å². The van der Waals surface area contributed by atoms with Crippen molar-refractivity contribution in [3.05, 3.63) is 77.0 Å². The maximum Gasteiger partial charge on any atom is 0.410 e. The maximum absolute atomic E-state index is 13.8. The molecule has 0 saturated carbocycles. The Morgan fingerprint density at radius 1 is 1.22 bits per heavy atom. The Labute approximate surface area is 183 Å². The predicted octanol–water partition coefficient (Wildman–Crippen LogP) is 5.16. The molecule has 1 aliphatic heterocycles. The highest BCUT2D eigenvalue weighted by Gasteiger charge is 2.46. The standard InChI is InChI=1S/C23H23F3N4O2/c1-13-6-8-15(9-7-13)18-11-20(23(24,25)26)30-21(28-18)12-19(29-30)22(32)27-17-5-3-4-16(10-17)14(2)31/h3-10,12,14,18,20,28,31H,11H2,1-2H3,(H,27,32)/t14-,18-,20-/m0/s1. The van der Waals surface area contributed by atoms with Gasteiger partial charge in [-0.15, -0.1) is 0 Å². The molecule has 0 radical (unpaired) electrons. The number of fused-ring (bicyclic) bond motifs is 1. The molecule has 168 valence electrons. The minimum absolute atomic E-state index is 0.131. The molecule has 0 unspecified atom stereocenters. The lowest BCUT2D eigenvalue weighted by atomic mass is 9.96. The highest BCUT2D eigenvalue weighted by molar-refractivity contribution is 6.03. The first kappa shape index (κ1) is 21.9. The largest absolute Gasteiger partial charge is 0.410 e. The number of rotatable bonds is 4. The number of aliphatic hydroxyl groups is 1. The van der Waals surface area contributed by atoms with Crippen LogP contribution in [-0.2, 0) is 0 Å². The summed E-state index contributed by atoms with van der Waals surface area (Å²) in [6.07, 6.45) is -5.48. The van der Waals surface area contributed by atoms with Crippen molar-refractivity contribution < 1.29 is 23.1 Å². The van der Waals surface area contributed by atoms with Gasteiger partial charge in [-0.3, -0.25) is 4.79 Å². The minimum Gasteiger partial charge on any atom is -0.389 e. The van der Waals surface area contributed by atoms with Crippen LogP contribution in [0.4, 0.5) is 24.7 Å². The summed E-state index contributed by atoms with van der Waals surface area (Å²) in [6.45, 7) is 3.51. The molecule has 9 heteroatoms. The van der Waals surface area contributed by atoms with Crippen molar-refractivity contribution >= 4 is 17.4 Å². The van der Waals surface area contributed by atoms with Crippen molar-refractivity contribution in [1.82, 2.24) is 9.78 Å². The number of nitrogens with zero attached hydrogens (tertiary/aromatic N) is 2. The lowest BCUT2D eigenvalue weighted by Crippen LogP contribution is -2.35. The van der Waals surface area contributed by atoms with E-state index >= 15 is 0 Å². The van der Waals surface area contributed by atoms with Crippen LogP contribution in [0.1, 0.15) is 58.7 Å². The summed E-state index contributed by atoms with van der Waals surface area (Å²) < 4.78 is 42.4. The zero-order valence-electron chi connectivity index (χ0n) is 17.5. The Bertz CT molecular complexity index is 1120. The third kappa shape index (κ3) is 4.47. The molecule has 3 aromatic rings. The van der Waals surface area contributed by atoms with Crippen LogP contribution in [-0.4, -0.2) is 27.0 Å². The summed E-state index contributed by atoms with van der Waals surface area (Å²) in [5.74, 6) is -0.503. The van der Waals surface area contributed by atoms with Crippen LogP contribution >= 0.6 is 0 Å². The van der Waals surface area contributed by atoms with Gasteiger partial charge in [0.2, 0.25) is 0 Å². The van der Waals surface area contributed by atoms with E-state index in [0.717, 1.165) is 15.8 Å². The van der Waals surface area contributed by atoms with Crippen LogP contribution in [0.25, 0.3) is 0 Å². The SMILES string of the molecule is Cc1ccc([C@@H]2C[C@@H](C(F)(F)F)n3nc(C(=O)Nc4cccc([C@H](C)O)c4)cc3N2)cc1. The summed E-state index contributed by atoms with van der Waals surface area (Å²) in [7, 11) is 0. The van der Waals surface area contributed by atoms with Crippen LogP contribution in [0, 0.1) is 6.92 Å². The zero-order chi connectivity index (χ0) is 23.0. The lowest BCUT2D eigenvalue weighted by Gasteiger charge is -2.33. The van der Waals surface area contributed by atoms with Crippen molar-refractivity contribution in [2.45, 2.75) is 44.6 Å². The van der Waals surface area contributed by atoms with Gasteiger partial charge in [0, 0.05) is 18.2 Å². The summed E-state index contributed by atoms with van der Waals surface area (Å²) in [5.41, 5.74) is 2.64. The molecule has 1 amide bonds. The number of aliphatic hydroxyl groups excluding tert-OH is 1. The molecule has 6 nitrogen and oxygen atoms in total. The van der Waals surface area contributed by atoms with Gasteiger partial charge >= 0.3 is 6.18 Å². The second-order valence-corrected chi connectivity index (χ2v) is 8.02.